The second-order valence-corrected chi connectivity index (χ2v) is 9.27. The zero-order valence-corrected chi connectivity index (χ0v) is 21.6. The molecule has 6 rings (SSSR count). The highest BCUT2D eigenvalue weighted by Crippen LogP contribution is 2.36. The molecule has 3 aromatic heterocycles. The quantitative estimate of drug-likeness (QED) is 0.294. The minimum atomic E-state index is 0.584. The van der Waals surface area contributed by atoms with Crippen molar-refractivity contribution in [1.29, 1.82) is 0 Å². The van der Waals surface area contributed by atoms with Crippen LogP contribution in [0.25, 0.3) is 21.9 Å². The van der Waals surface area contributed by atoms with Crippen molar-refractivity contribution in [2.24, 2.45) is 0 Å². The molecule has 0 aliphatic carbocycles. The fourth-order valence-electron chi connectivity index (χ4n) is 4.62. The summed E-state index contributed by atoms with van der Waals surface area (Å²) in [6, 6.07) is 11.9. The molecule has 2 N–H and O–H groups in total. The van der Waals surface area contributed by atoms with Gasteiger partial charge in [0.25, 0.3) is 0 Å². The maximum atomic E-state index is 6.50. The third-order valence-corrected chi connectivity index (χ3v) is 6.83. The molecule has 2 aromatic carbocycles. The third-order valence-electron chi connectivity index (χ3n) is 6.50. The maximum Gasteiger partial charge on any atom is 0.165 e. The molecule has 0 radical (unpaired) electrons. The molecule has 4 heterocycles. The number of aryl methyl sites for hydroxylation is 1. The molecule has 0 bridgehead atoms. The first-order chi connectivity index (χ1) is 18.6. The summed E-state index contributed by atoms with van der Waals surface area (Å²) in [7, 11) is 1.66. The lowest BCUT2D eigenvalue weighted by Crippen LogP contribution is -2.29. The molecule has 0 amide bonds. The van der Waals surface area contributed by atoms with Crippen LogP contribution < -0.4 is 20.7 Å². The first-order valence-corrected chi connectivity index (χ1v) is 12.5. The maximum absolute atomic E-state index is 6.50. The Labute approximate surface area is 223 Å². The number of hydrogen-bond acceptors (Lipinski definition) is 9. The highest BCUT2D eigenvalue weighted by Gasteiger charge is 2.20. The lowest BCUT2D eigenvalue weighted by molar-refractivity contribution is 0.159. The van der Waals surface area contributed by atoms with Gasteiger partial charge >= 0.3 is 0 Å². The minimum Gasteiger partial charge on any atom is -0.497 e. The van der Waals surface area contributed by atoms with E-state index in [2.05, 4.69) is 32.8 Å². The summed E-state index contributed by atoms with van der Waals surface area (Å²) in [6.45, 7) is 3.29. The van der Waals surface area contributed by atoms with Crippen LogP contribution in [-0.2, 0) is 17.8 Å². The number of imidazole rings is 1. The second-order valence-electron chi connectivity index (χ2n) is 8.86. The van der Waals surface area contributed by atoms with Gasteiger partial charge in [-0.25, -0.2) is 20.0 Å². The van der Waals surface area contributed by atoms with Gasteiger partial charge in [-0.3, -0.25) is 4.98 Å². The van der Waals surface area contributed by atoms with E-state index >= 15 is 0 Å². The fourth-order valence-corrected chi connectivity index (χ4v) is 4.82. The van der Waals surface area contributed by atoms with E-state index in [4.69, 9.17) is 26.2 Å². The van der Waals surface area contributed by atoms with Crippen LogP contribution in [0.3, 0.4) is 0 Å². The van der Waals surface area contributed by atoms with E-state index in [1.165, 1.54) is 0 Å². The fraction of sp³-hybridized carbons (Fsp3) is 0.185. The Balaban J connectivity index is 1.24. The van der Waals surface area contributed by atoms with Gasteiger partial charge in [0.15, 0.2) is 11.5 Å². The summed E-state index contributed by atoms with van der Waals surface area (Å²) in [5, 5.41) is 7.80. The number of halogens is 1. The van der Waals surface area contributed by atoms with Gasteiger partial charge in [0, 0.05) is 29.9 Å². The first kappa shape index (κ1) is 24.0. The van der Waals surface area contributed by atoms with E-state index < -0.39 is 0 Å². The molecule has 0 spiro atoms. The third kappa shape index (κ3) is 4.44. The molecule has 0 unspecified atom stereocenters. The Bertz CT molecular complexity index is 1650. The molecule has 1 aliphatic heterocycles. The van der Waals surface area contributed by atoms with Gasteiger partial charge in [-0.15, -0.1) is 0 Å². The van der Waals surface area contributed by atoms with Crippen molar-refractivity contribution in [3.8, 4) is 5.75 Å². The van der Waals surface area contributed by atoms with Crippen LogP contribution in [0.15, 0.2) is 67.7 Å². The Kier molecular flexibility index (Phi) is 6.40. The summed E-state index contributed by atoms with van der Waals surface area (Å²) < 4.78 is 7.26. The summed E-state index contributed by atoms with van der Waals surface area (Å²) in [5.41, 5.74) is 8.37. The number of methoxy groups -OCH3 is 1. The predicted octanol–water partition coefficient (Wildman–Crippen LogP) is 4.78. The summed E-state index contributed by atoms with van der Waals surface area (Å²) in [6.07, 6.45) is 9.20. The van der Waals surface area contributed by atoms with Crippen molar-refractivity contribution >= 4 is 45.0 Å². The molecule has 0 atom stereocenters. The minimum absolute atomic E-state index is 0.584. The second kappa shape index (κ2) is 10.2. The van der Waals surface area contributed by atoms with Gasteiger partial charge in [-0.1, -0.05) is 35.4 Å². The number of ether oxygens (including phenoxy) is 1. The molecule has 192 valence electrons. The van der Waals surface area contributed by atoms with Crippen LogP contribution in [0.2, 0.25) is 5.02 Å². The zero-order valence-electron chi connectivity index (χ0n) is 20.8. The van der Waals surface area contributed by atoms with Crippen molar-refractivity contribution in [3.63, 3.8) is 0 Å². The van der Waals surface area contributed by atoms with E-state index in [0.717, 1.165) is 44.7 Å². The lowest BCUT2D eigenvalue weighted by atomic mass is 10.0. The largest absolute Gasteiger partial charge is 0.497 e. The number of hydrogen-bond donors (Lipinski definition) is 2. The average molecular weight is 529 g/mol. The van der Waals surface area contributed by atoms with Gasteiger partial charge in [-0.2, -0.15) is 0 Å². The average Bonchev–Trinajstić information content (AvgIpc) is 3.62. The lowest BCUT2D eigenvalue weighted by Gasteiger charge is -2.21. The first-order valence-electron chi connectivity index (χ1n) is 12.1. The SMILES string of the molecule is COc1ccc(Cn2cnc3c(NCCc4ncc5c(Cl)ccc(C)c5c4N4C=CON4)ncnc32)cc1. The number of benzene rings is 2. The van der Waals surface area contributed by atoms with Crippen LogP contribution in [0, 0.1) is 6.92 Å². The number of aromatic nitrogens is 5. The van der Waals surface area contributed by atoms with Crippen LogP contribution in [-0.4, -0.2) is 38.2 Å². The molecule has 10 nitrogen and oxygen atoms in total. The van der Waals surface area contributed by atoms with Crippen molar-refractivity contribution in [1.82, 2.24) is 30.1 Å². The Morgan fingerprint density at radius 2 is 1.95 bits per heavy atom. The number of hydrazine groups is 1. The molecule has 11 heteroatoms. The molecule has 0 fully saturated rings. The van der Waals surface area contributed by atoms with E-state index in [0.29, 0.717) is 35.9 Å². The molecule has 0 saturated carbocycles. The predicted molar refractivity (Wildman–Crippen MR) is 147 cm³/mol. The molecule has 1 aliphatic rings. The van der Waals surface area contributed by atoms with Crippen LogP contribution in [0.5, 0.6) is 5.75 Å². The van der Waals surface area contributed by atoms with Crippen molar-refractivity contribution in [2.45, 2.75) is 19.9 Å². The summed E-state index contributed by atoms with van der Waals surface area (Å²) in [4.78, 5) is 23.5. The molecule has 38 heavy (non-hydrogen) atoms. The van der Waals surface area contributed by atoms with E-state index in [9.17, 15) is 0 Å². The van der Waals surface area contributed by atoms with E-state index in [-0.39, 0.29) is 0 Å². The van der Waals surface area contributed by atoms with Crippen molar-refractivity contribution in [3.05, 3.63) is 89.6 Å². The molecule has 0 saturated heterocycles. The number of nitrogens with one attached hydrogen (secondary N) is 2. The van der Waals surface area contributed by atoms with Gasteiger partial charge in [0.1, 0.15) is 23.9 Å². The van der Waals surface area contributed by atoms with Crippen LogP contribution in [0.4, 0.5) is 11.5 Å². The monoisotopic (exact) mass is 528 g/mol. The number of nitrogens with zero attached hydrogens (tertiary/aromatic N) is 6. The van der Waals surface area contributed by atoms with Gasteiger partial charge in [0.05, 0.1) is 42.6 Å². The van der Waals surface area contributed by atoms with Gasteiger partial charge in [-0.05, 0) is 36.2 Å². The van der Waals surface area contributed by atoms with E-state index in [1.54, 1.807) is 26.0 Å². The number of pyridine rings is 1. The van der Waals surface area contributed by atoms with Crippen LogP contribution >= 0.6 is 11.6 Å². The zero-order chi connectivity index (χ0) is 26.1. The number of anilines is 2. The van der Waals surface area contributed by atoms with Gasteiger partial charge < -0.3 is 19.5 Å². The molecular formula is C27H25ClN8O2. The normalized spacial score (nSPS) is 12.9. The van der Waals surface area contributed by atoms with Crippen molar-refractivity contribution < 1.29 is 9.57 Å². The van der Waals surface area contributed by atoms with Crippen molar-refractivity contribution in [2.75, 3.05) is 24.0 Å². The summed E-state index contributed by atoms with van der Waals surface area (Å²) in [5.74, 6) is 1.50. The standard InChI is InChI=1S/C27H25ClN8O2/c1-17-3-8-21(28)20-13-30-22(25(23(17)20)36-11-12-38-34-36)9-10-29-26-24-27(32-15-31-26)35(16-33-24)14-18-4-6-19(37-2)7-5-18/h3-8,11-13,15-16,34H,9-10,14H2,1-2H3,(H,29,31,32). The topological polar surface area (TPSA) is 102 Å². The van der Waals surface area contributed by atoms with Gasteiger partial charge in [0.2, 0.25) is 0 Å². The Morgan fingerprint density at radius 3 is 2.74 bits per heavy atom. The smallest absolute Gasteiger partial charge is 0.165 e. The Morgan fingerprint density at radius 1 is 1.08 bits per heavy atom. The molecule has 5 aromatic rings. The highest BCUT2D eigenvalue weighted by molar-refractivity contribution is 6.36. The Hall–Kier alpha value is -4.41. The van der Waals surface area contributed by atoms with Crippen LogP contribution in [0.1, 0.15) is 16.8 Å². The highest BCUT2D eigenvalue weighted by atomic mass is 35.5. The summed E-state index contributed by atoms with van der Waals surface area (Å²) >= 11 is 6.50. The number of fused-ring (bicyclic) bond motifs is 2. The molecular weight excluding hydrogens is 504 g/mol. The van der Waals surface area contributed by atoms with E-state index in [1.807, 2.05) is 58.4 Å². The number of rotatable bonds is 8.